The van der Waals surface area contributed by atoms with Crippen molar-refractivity contribution in [3.8, 4) is 5.75 Å². The second kappa shape index (κ2) is 6.76. The summed E-state index contributed by atoms with van der Waals surface area (Å²) in [7, 11) is 0. The molecule has 0 radical (unpaired) electrons. The smallest absolute Gasteiger partial charge is 0.191 e. The van der Waals surface area contributed by atoms with Crippen molar-refractivity contribution in [2.75, 3.05) is 13.1 Å². The minimum absolute atomic E-state index is 0.0481. The topological polar surface area (TPSA) is 34.1 Å². The zero-order valence-corrected chi connectivity index (χ0v) is 12.8. The maximum absolute atomic E-state index is 14.0. The van der Waals surface area contributed by atoms with Gasteiger partial charge in [-0.2, -0.15) is 0 Å². The van der Waals surface area contributed by atoms with E-state index >= 15 is 0 Å². The normalized spacial score (nSPS) is 18.9. The average molecular weight is 343 g/mol. The van der Waals surface area contributed by atoms with Gasteiger partial charge in [-0.05, 0) is 31.2 Å². The van der Waals surface area contributed by atoms with E-state index in [0.29, 0.717) is 12.1 Å². The minimum atomic E-state index is -0.893. The van der Waals surface area contributed by atoms with E-state index in [9.17, 15) is 13.2 Å². The fourth-order valence-electron chi connectivity index (χ4n) is 2.72. The van der Waals surface area contributed by atoms with E-state index in [1.165, 1.54) is 12.3 Å². The zero-order chi connectivity index (χ0) is 16.4. The van der Waals surface area contributed by atoms with E-state index < -0.39 is 29.3 Å². The van der Waals surface area contributed by atoms with E-state index in [-0.39, 0.29) is 10.9 Å². The molecule has 2 aromatic rings. The number of pyridine rings is 1. The Labute approximate surface area is 136 Å². The molecule has 7 heteroatoms. The molecule has 1 fully saturated rings. The molecule has 1 aliphatic rings. The van der Waals surface area contributed by atoms with Crippen LogP contribution in [-0.2, 0) is 0 Å². The molecule has 1 aliphatic heterocycles. The van der Waals surface area contributed by atoms with Gasteiger partial charge < -0.3 is 10.1 Å². The molecule has 3 rings (SSSR count). The van der Waals surface area contributed by atoms with E-state index in [1.54, 1.807) is 0 Å². The summed E-state index contributed by atoms with van der Waals surface area (Å²) in [5.74, 6) is -2.88. The first-order chi connectivity index (χ1) is 11.0. The summed E-state index contributed by atoms with van der Waals surface area (Å²) in [5, 5.41) is 3.10. The summed E-state index contributed by atoms with van der Waals surface area (Å²) >= 11 is 5.62. The number of hydrogen-bond donors (Lipinski definition) is 1. The fraction of sp³-hybridized carbons (Fsp3) is 0.312. The van der Waals surface area contributed by atoms with E-state index in [2.05, 4.69) is 10.3 Å². The highest BCUT2D eigenvalue weighted by atomic mass is 35.5. The molecule has 2 heterocycles. The van der Waals surface area contributed by atoms with Gasteiger partial charge in [0, 0.05) is 29.2 Å². The van der Waals surface area contributed by atoms with Crippen LogP contribution in [0, 0.1) is 23.4 Å². The van der Waals surface area contributed by atoms with E-state index in [4.69, 9.17) is 16.3 Å². The molecular formula is C16H14ClF3N2O. The number of rotatable bonds is 4. The Hall–Kier alpha value is -1.79. The Morgan fingerprint density at radius 2 is 1.91 bits per heavy atom. The maximum atomic E-state index is 14.0. The van der Waals surface area contributed by atoms with Crippen molar-refractivity contribution >= 4 is 11.6 Å². The highest BCUT2D eigenvalue weighted by molar-refractivity contribution is 6.30. The molecule has 1 aromatic heterocycles. The van der Waals surface area contributed by atoms with Gasteiger partial charge in [-0.15, -0.1) is 0 Å². The van der Waals surface area contributed by atoms with Gasteiger partial charge in [-0.1, -0.05) is 11.6 Å². The van der Waals surface area contributed by atoms with Crippen LogP contribution in [0.1, 0.15) is 18.1 Å². The van der Waals surface area contributed by atoms with Crippen molar-refractivity contribution < 1.29 is 17.9 Å². The zero-order valence-electron chi connectivity index (χ0n) is 12.0. The van der Waals surface area contributed by atoms with Gasteiger partial charge in [0.25, 0.3) is 0 Å². The number of halogens is 4. The lowest BCUT2D eigenvalue weighted by Crippen LogP contribution is -2.22. The molecule has 0 amide bonds. The SMILES string of the molecule is Fc1cncc(C(Oc2c(F)cc(Cl)cc2F)C2CCNC2)c1. The molecule has 0 bridgehead atoms. The van der Waals surface area contributed by atoms with Crippen molar-refractivity contribution in [2.45, 2.75) is 12.5 Å². The lowest BCUT2D eigenvalue weighted by atomic mass is 9.95. The van der Waals surface area contributed by atoms with Crippen molar-refractivity contribution in [1.82, 2.24) is 10.3 Å². The van der Waals surface area contributed by atoms with Crippen LogP contribution in [0.25, 0.3) is 0 Å². The van der Waals surface area contributed by atoms with Crippen LogP contribution in [0.3, 0.4) is 0 Å². The third-order valence-electron chi connectivity index (χ3n) is 3.79. The van der Waals surface area contributed by atoms with Gasteiger partial charge >= 0.3 is 0 Å². The van der Waals surface area contributed by atoms with Crippen molar-refractivity contribution in [3.63, 3.8) is 0 Å². The average Bonchev–Trinajstić information content (AvgIpc) is 3.00. The summed E-state index contributed by atoms with van der Waals surface area (Å²) in [6, 6.07) is 3.23. The maximum Gasteiger partial charge on any atom is 0.191 e. The Bertz CT molecular complexity index is 684. The standard InChI is InChI=1S/C16H14ClF3N2O/c17-11-4-13(19)16(14(20)5-11)23-15(9-1-2-21-6-9)10-3-12(18)8-22-7-10/h3-5,7-9,15,21H,1-2,6H2. The molecule has 1 saturated heterocycles. The molecule has 3 nitrogen and oxygen atoms in total. The molecule has 2 unspecified atom stereocenters. The lowest BCUT2D eigenvalue weighted by Gasteiger charge is -2.25. The predicted molar refractivity (Wildman–Crippen MR) is 79.9 cm³/mol. The monoisotopic (exact) mass is 342 g/mol. The molecule has 0 aliphatic carbocycles. The molecule has 1 aromatic carbocycles. The molecule has 1 N–H and O–H groups in total. The largest absolute Gasteiger partial charge is 0.479 e. The van der Waals surface area contributed by atoms with Gasteiger partial charge in [0.15, 0.2) is 17.4 Å². The highest BCUT2D eigenvalue weighted by Crippen LogP contribution is 2.35. The molecule has 0 spiro atoms. The van der Waals surface area contributed by atoms with Gasteiger partial charge in [0.1, 0.15) is 11.9 Å². The Balaban J connectivity index is 1.96. The fourth-order valence-corrected chi connectivity index (χ4v) is 2.92. The number of benzene rings is 1. The van der Waals surface area contributed by atoms with Crippen LogP contribution in [0.4, 0.5) is 13.2 Å². The third-order valence-corrected chi connectivity index (χ3v) is 4.01. The Kier molecular flexibility index (Phi) is 4.73. The highest BCUT2D eigenvalue weighted by Gasteiger charge is 2.30. The lowest BCUT2D eigenvalue weighted by molar-refractivity contribution is 0.131. The summed E-state index contributed by atoms with van der Waals surface area (Å²) < 4.78 is 47.1. The van der Waals surface area contributed by atoms with Gasteiger partial charge in [-0.25, -0.2) is 13.2 Å². The van der Waals surface area contributed by atoms with Crippen LogP contribution < -0.4 is 10.1 Å². The number of hydrogen-bond acceptors (Lipinski definition) is 3. The van der Waals surface area contributed by atoms with Gasteiger partial charge in [0.2, 0.25) is 0 Å². The van der Waals surface area contributed by atoms with Crippen molar-refractivity contribution in [2.24, 2.45) is 5.92 Å². The Morgan fingerprint density at radius 3 is 2.52 bits per heavy atom. The van der Waals surface area contributed by atoms with E-state index in [1.807, 2.05) is 0 Å². The van der Waals surface area contributed by atoms with Crippen LogP contribution >= 0.6 is 11.6 Å². The van der Waals surface area contributed by atoms with Crippen LogP contribution in [0.2, 0.25) is 5.02 Å². The quantitative estimate of drug-likeness (QED) is 0.915. The second-order valence-corrected chi connectivity index (χ2v) is 5.86. The minimum Gasteiger partial charge on any atom is -0.479 e. The summed E-state index contributed by atoms with van der Waals surface area (Å²) in [5.41, 5.74) is 0.437. The molecule has 23 heavy (non-hydrogen) atoms. The van der Waals surface area contributed by atoms with E-state index in [0.717, 1.165) is 31.3 Å². The van der Waals surface area contributed by atoms with Crippen molar-refractivity contribution in [3.05, 3.63) is 58.6 Å². The molecular weight excluding hydrogens is 329 g/mol. The van der Waals surface area contributed by atoms with Gasteiger partial charge in [0.05, 0.1) is 6.20 Å². The summed E-state index contributed by atoms with van der Waals surface area (Å²) in [4.78, 5) is 3.79. The first-order valence-electron chi connectivity index (χ1n) is 7.17. The molecule has 2 atom stereocenters. The van der Waals surface area contributed by atoms with Crippen LogP contribution in [0.5, 0.6) is 5.75 Å². The number of nitrogens with zero attached hydrogens (tertiary/aromatic N) is 1. The summed E-state index contributed by atoms with van der Waals surface area (Å²) in [6.07, 6.45) is 2.55. The third kappa shape index (κ3) is 3.59. The second-order valence-electron chi connectivity index (χ2n) is 5.43. The van der Waals surface area contributed by atoms with Crippen LogP contribution in [0.15, 0.2) is 30.6 Å². The first kappa shape index (κ1) is 16.1. The Morgan fingerprint density at radius 1 is 1.17 bits per heavy atom. The van der Waals surface area contributed by atoms with Gasteiger partial charge in [-0.3, -0.25) is 4.98 Å². The first-order valence-corrected chi connectivity index (χ1v) is 7.55. The number of aromatic nitrogens is 1. The number of nitrogens with one attached hydrogen (secondary N) is 1. The molecule has 122 valence electrons. The number of ether oxygens (including phenoxy) is 1. The molecule has 0 saturated carbocycles. The predicted octanol–water partition coefficient (Wildman–Crippen LogP) is 3.88. The van der Waals surface area contributed by atoms with Crippen molar-refractivity contribution in [1.29, 1.82) is 0 Å². The van der Waals surface area contributed by atoms with Crippen LogP contribution in [-0.4, -0.2) is 18.1 Å². The summed E-state index contributed by atoms with van der Waals surface area (Å²) in [6.45, 7) is 1.37.